The minimum absolute atomic E-state index is 0.495. The Morgan fingerprint density at radius 2 is 2.05 bits per heavy atom. The first-order chi connectivity index (χ1) is 9.65. The Morgan fingerprint density at radius 1 is 1.25 bits per heavy atom. The zero-order valence-electron chi connectivity index (χ0n) is 13.5. The summed E-state index contributed by atoms with van der Waals surface area (Å²) in [5.41, 5.74) is 1.20. The summed E-state index contributed by atoms with van der Waals surface area (Å²) in [5.74, 6) is 1.40. The van der Waals surface area contributed by atoms with Gasteiger partial charge in [-0.25, -0.2) is 4.98 Å². The number of nitrogens with one attached hydrogen (secondary N) is 1. The van der Waals surface area contributed by atoms with Gasteiger partial charge in [0.05, 0.1) is 6.61 Å². The van der Waals surface area contributed by atoms with Crippen molar-refractivity contribution in [2.45, 2.75) is 66.0 Å². The monoisotopic (exact) mass is 278 g/mol. The summed E-state index contributed by atoms with van der Waals surface area (Å²) in [7, 11) is 0. The Labute approximate surface area is 124 Å². The third-order valence-electron chi connectivity index (χ3n) is 3.52. The average Bonchev–Trinajstić information content (AvgIpc) is 2.46. The molecule has 1 atom stereocenters. The second kappa shape index (κ2) is 9.76. The molecule has 0 radical (unpaired) electrons. The van der Waals surface area contributed by atoms with E-state index in [1.807, 2.05) is 12.3 Å². The Bertz CT molecular complexity index is 349. The molecule has 0 amide bonds. The summed E-state index contributed by atoms with van der Waals surface area (Å²) >= 11 is 0. The van der Waals surface area contributed by atoms with Gasteiger partial charge >= 0.3 is 0 Å². The number of ether oxygens (including phenoxy) is 1. The van der Waals surface area contributed by atoms with E-state index in [0.717, 1.165) is 19.0 Å². The van der Waals surface area contributed by atoms with E-state index in [1.54, 1.807) is 0 Å². The van der Waals surface area contributed by atoms with Crippen LogP contribution in [0.3, 0.4) is 0 Å². The van der Waals surface area contributed by atoms with Gasteiger partial charge in [-0.1, -0.05) is 53.0 Å². The van der Waals surface area contributed by atoms with E-state index in [0.29, 0.717) is 12.0 Å². The van der Waals surface area contributed by atoms with E-state index in [9.17, 15) is 0 Å². The zero-order valence-corrected chi connectivity index (χ0v) is 13.5. The first-order valence-corrected chi connectivity index (χ1v) is 7.96. The van der Waals surface area contributed by atoms with Gasteiger partial charge in [0.25, 0.3) is 0 Å². The molecule has 0 aliphatic carbocycles. The molecule has 1 aromatic heterocycles. The van der Waals surface area contributed by atoms with Crippen LogP contribution in [0.15, 0.2) is 18.3 Å². The fourth-order valence-corrected chi connectivity index (χ4v) is 2.02. The summed E-state index contributed by atoms with van der Waals surface area (Å²) < 4.78 is 5.81. The van der Waals surface area contributed by atoms with Crippen molar-refractivity contribution < 1.29 is 4.74 Å². The van der Waals surface area contributed by atoms with Gasteiger partial charge in [-0.3, -0.25) is 0 Å². The maximum absolute atomic E-state index is 5.81. The van der Waals surface area contributed by atoms with Gasteiger partial charge in [0, 0.05) is 24.8 Å². The summed E-state index contributed by atoms with van der Waals surface area (Å²) in [6.07, 6.45) is 6.87. The van der Waals surface area contributed by atoms with Crippen molar-refractivity contribution in [2.24, 2.45) is 5.92 Å². The molecule has 1 unspecified atom stereocenters. The van der Waals surface area contributed by atoms with Gasteiger partial charge in [0.2, 0.25) is 5.88 Å². The van der Waals surface area contributed by atoms with Gasteiger partial charge in [0.1, 0.15) is 0 Å². The third kappa shape index (κ3) is 6.90. The van der Waals surface area contributed by atoms with Crippen LogP contribution in [-0.2, 0) is 6.54 Å². The number of aromatic nitrogens is 1. The molecule has 0 fully saturated rings. The summed E-state index contributed by atoms with van der Waals surface area (Å²) in [6.45, 7) is 10.4. The van der Waals surface area contributed by atoms with E-state index in [1.165, 1.54) is 31.2 Å². The number of hydrogen-bond acceptors (Lipinski definition) is 3. The van der Waals surface area contributed by atoms with Crippen molar-refractivity contribution in [3.63, 3.8) is 0 Å². The van der Waals surface area contributed by atoms with Gasteiger partial charge in [-0.15, -0.1) is 0 Å². The molecule has 1 heterocycles. The molecule has 1 rings (SSSR count). The van der Waals surface area contributed by atoms with Crippen LogP contribution in [0.2, 0.25) is 0 Å². The van der Waals surface area contributed by atoms with Crippen LogP contribution in [0.4, 0.5) is 0 Å². The minimum atomic E-state index is 0.495. The van der Waals surface area contributed by atoms with E-state index in [-0.39, 0.29) is 0 Å². The highest BCUT2D eigenvalue weighted by Gasteiger charge is 2.07. The van der Waals surface area contributed by atoms with Crippen LogP contribution in [0.5, 0.6) is 5.88 Å². The van der Waals surface area contributed by atoms with Crippen molar-refractivity contribution in [3.05, 3.63) is 23.9 Å². The molecule has 114 valence electrons. The fourth-order valence-electron chi connectivity index (χ4n) is 2.02. The lowest BCUT2D eigenvalue weighted by Gasteiger charge is -2.15. The number of unbranched alkanes of at least 4 members (excludes halogenated alkanes) is 1. The third-order valence-corrected chi connectivity index (χ3v) is 3.52. The lowest BCUT2D eigenvalue weighted by molar-refractivity contribution is 0.226. The first-order valence-electron chi connectivity index (χ1n) is 7.96. The molecular weight excluding hydrogens is 248 g/mol. The van der Waals surface area contributed by atoms with E-state index >= 15 is 0 Å². The Hall–Kier alpha value is -1.09. The highest BCUT2D eigenvalue weighted by Crippen LogP contribution is 2.15. The molecule has 3 nitrogen and oxygen atoms in total. The number of rotatable bonds is 10. The lowest BCUT2D eigenvalue weighted by atomic mass is 10.0. The van der Waals surface area contributed by atoms with Crippen molar-refractivity contribution in [1.82, 2.24) is 10.3 Å². The van der Waals surface area contributed by atoms with Gasteiger partial charge < -0.3 is 10.1 Å². The molecular formula is C17H30N2O. The molecule has 0 bridgehead atoms. The summed E-state index contributed by atoms with van der Waals surface area (Å²) in [5, 5.41) is 3.38. The molecule has 0 spiro atoms. The van der Waals surface area contributed by atoms with Gasteiger partial charge in [-0.2, -0.15) is 0 Å². The zero-order chi connectivity index (χ0) is 14.8. The van der Waals surface area contributed by atoms with Crippen molar-refractivity contribution in [1.29, 1.82) is 0 Å². The molecule has 1 N–H and O–H groups in total. The van der Waals surface area contributed by atoms with Crippen LogP contribution in [0.1, 0.15) is 58.9 Å². The predicted molar refractivity (Wildman–Crippen MR) is 85.0 cm³/mol. The summed E-state index contributed by atoms with van der Waals surface area (Å²) in [6, 6.07) is 4.56. The topological polar surface area (TPSA) is 34.1 Å². The highest BCUT2D eigenvalue weighted by atomic mass is 16.5. The average molecular weight is 278 g/mol. The predicted octanol–water partition coefficient (Wildman–Crippen LogP) is 4.17. The smallest absolute Gasteiger partial charge is 0.213 e. The number of hydrogen-bond donors (Lipinski definition) is 1. The highest BCUT2D eigenvalue weighted by molar-refractivity contribution is 5.17. The largest absolute Gasteiger partial charge is 0.477 e. The standard InChI is InChI=1S/C17H30N2O/c1-5-7-8-15(6-2)13-20-17-10-9-16(12-19-17)11-18-14(3)4/h9-10,12,14-15,18H,5-8,11,13H2,1-4H3. The second-order valence-electron chi connectivity index (χ2n) is 5.77. The van der Waals surface area contributed by atoms with Crippen LogP contribution < -0.4 is 10.1 Å². The van der Waals surface area contributed by atoms with Crippen LogP contribution in [-0.4, -0.2) is 17.6 Å². The lowest BCUT2D eigenvalue weighted by Crippen LogP contribution is -2.21. The molecule has 20 heavy (non-hydrogen) atoms. The summed E-state index contributed by atoms with van der Waals surface area (Å²) in [4.78, 5) is 4.38. The molecule has 3 heteroatoms. The van der Waals surface area contributed by atoms with Crippen molar-refractivity contribution in [3.8, 4) is 5.88 Å². The molecule has 0 aliphatic rings. The molecule has 0 aliphatic heterocycles. The van der Waals surface area contributed by atoms with Crippen molar-refractivity contribution in [2.75, 3.05) is 6.61 Å². The normalized spacial score (nSPS) is 12.7. The van der Waals surface area contributed by atoms with Gasteiger partial charge in [-0.05, 0) is 17.9 Å². The fraction of sp³-hybridized carbons (Fsp3) is 0.706. The number of nitrogens with zero attached hydrogens (tertiary/aromatic N) is 1. The second-order valence-corrected chi connectivity index (χ2v) is 5.77. The minimum Gasteiger partial charge on any atom is -0.477 e. The number of pyridine rings is 1. The Balaban J connectivity index is 2.36. The molecule has 1 aromatic rings. The molecule has 0 saturated heterocycles. The van der Waals surface area contributed by atoms with Crippen LogP contribution in [0, 0.1) is 5.92 Å². The van der Waals surface area contributed by atoms with E-state index in [4.69, 9.17) is 4.74 Å². The maximum Gasteiger partial charge on any atom is 0.213 e. The molecule has 0 saturated carbocycles. The van der Waals surface area contributed by atoms with E-state index < -0.39 is 0 Å². The molecule has 0 aromatic carbocycles. The van der Waals surface area contributed by atoms with Crippen LogP contribution >= 0.6 is 0 Å². The Morgan fingerprint density at radius 3 is 2.60 bits per heavy atom. The SMILES string of the molecule is CCCCC(CC)COc1ccc(CNC(C)C)cn1. The van der Waals surface area contributed by atoms with Gasteiger partial charge in [0.15, 0.2) is 0 Å². The van der Waals surface area contributed by atoms with Crippen LogP contribution in [0.25, 0.3) is 0 Å². The maximum atomic E-state index is 5.81. The van der Waals surface area contributed by atoms with Crippen molar-refractivity contribution >= 4 is 0 Å². The Kier molecular flexibility index (Phi) is 8.28. The first kappa shape index (κ1) is 17.0. The van der Waals surface area contributed by atoms with E-state index in [2.05, 4.69) is 44.1 Å². The quantitative estimate of drug-likeness (QED) is 0.697.